The summed E-state index contributed by atoms with van der Waals surface area (Å²) in [7, 11) is 0. The molecule has 4 rings (SSSR count). The summed E-state index contributed by atoms with van der Waals surface area (Å²) in [6.45, 7) is 2.91. The SMILES string of the molecule is CCOC(=O)c1cnc(NCC2CCC(Nc3ccc4ccnc(Cl)c4n3)CC2)nc1. The van der Waals surface area contributed by atoms with Crippen molar-refractivity contribution in [2.45, 2.75) is 38.6 Å². The van der Waals surface area contributed by atoms with Crippen molar-refractivity contribution in [1.82, 2.24) is 19.9 Å². The Balaban J connectivity index is 1.24. The van der Waals surface area contributed by atoms with Crippen LogP contribution in [0.5, 0.6) is 0 Å². The maximum atomic E-state index is 11.7. The van der Waals surface area contributed by atoms with E-state index < -0.39 is 5.97 Å². The van der Waals surface area contributed by atoms with E-state index in [-0.39, 0.29) is 0 Å². The largest absolute Gasteiger partial charge is 0.462 e. The van der Waals surface area contributed by atoms with Crippen LogP contribution in [-0.2, 0) is 4.74 Å². The van der Waals surface area contributed by atoms with Crippen LogP contribution in [0.15, 0.2) is 36.8 Å². The van der Waals surface area contributed by atoms with E-state index in [1.807, 2.05) is 18.2 Å². The van der Waals surface area contributed by atoms with Gasteiger partial charge in [0.25, 0.3) is 0 Å². The summed E-state index contributed by atoms with van der Waals surface area (Å²) in [6.07, 6.45) is 9.00. The molecule has 0 bridgehead atoms. The van der Waals surface area contributed by atoms with E-state index in [9.17, 15) is 4.79 Å². The van der Waals surface area contributed by atoms with Crippen molar-refractivity contribution in [2.24, 2.45) is 5.92 Å². The van der Waals surface area contributed by atoms with Crippen molar-refractivity contribution >= 4 is 40.2 Å². The molecule has 0 amide bonds. The van der Waals surface area contributed by atoms with Crippen LogP contribution in [0.2, 0.25) is 5.15 Å². The Morgan fingerprint density at radius 2 is 1.90 bits per heavy atom. The summed E-state index contributed by atoms with van der Waals surface area (Å²) in [5, 5.41) is 8.22. The number of carbonyl (C=O) groups excluding carboxylic acids is 1. The Morgan fingerprint density at radius 3 is 2.65 bits per heavy atom. The first-order chi connectivity index (χ1) is 15.1. The molecule has 0 aromatic carbocycles. The Kier molecular flexibility index (Phi) is 6.76. The van der Waals surface area contributed by atoms with Gasteiger partial charge in [-0.1, -0.05) is 11.6 Å². The van der Waals surface area contributed by atoms with Crippen LogP contribution in [0.3, 0.4) is 0 Å². The minimum absolute atomic E-state index is 0.332. The van der Waals surface area contributed by atoms with E-state index in [0.717, 1.165) is 48.9 Å². The first-order valence-electron chi connectivity index (χ1n) is 10.5. The molecule has 0 spiro atoms. The van der Waals surface area contributed by atoms with Gasteiger partial charge in [-0.15, -0.1) is 0 Å². The number of fused-ring (bicyclic) bond motifs is 1. The predicted molar refractivity (Wildman–Crippen MR) is 120 cm³/mol. The highest BCUT2D eigenvalue weighted by Gasteiger charge is 2.21. The van der Waals surface area contributed by atoms with Crippen LogP contribution in [0.25, 0.3) is 10.9 Å². The van der Waals surface area contributed by atoms with Crippen LogP contribution < -0.4 is 10.6 Å². The minimum atomic E-state index is -0.403. The zero-order chi connectivity index (χ0) is 21.6. The number of ether oxygens (including phenoxy) is 1. The van der Waals surface area contributed by atoms with Gasteiger partial charge in [0.1, 0.15) is 11.3 Å². The molecule has 3 aromatic heterocycles. The Morgan fingerprint density at radius 1 is 1.13 bits per heavy atom. The van der Waals surface area contributed by atoms with Crippen LogP contribution in [-0.4, -0.2) is 45.1 Å². The standard InChI is InChI=1S/C22H25ClN6O2/c1-2-31-21(30)16-12-26-22(27-13-16)25-11-14-3-6-17(7-4-14)28-18-8-5-15-9-10-24-20(23)19(15)29-18/h5,8-10,12-14,17H,2-4,6-7,11H2,1H3,(H,28,29)(H,25,26,27). The minimum Gasteiger partial charge on any atom is -0.462 e. The van der Waals surface area contributed by atoms with E-state index in [0.29, 0.717) is 35.2 Å². The lowest BCUT2D eigenvalue weighted by atomic mass is 9.86. The van der Waals surface area contributed by atoms with Crippen LogP contribution in [0.1, 0.15) is 43.0 Å². The molecule has 3 aromatic rings. The molecule has 8 nitrogen and oxygen atoms in total. The van der Waals surface area contributed by atoms with Crippen molar-refractivity contribution < 1.29 is 9.53 Å². The maximum Gasteiger partial charge on any atom is 0.341 e. The molecular weight excluding hydrogens is 416 g/mol. The van der Waals surface area contributed by atoms with Gasteiger partial charge < -0.3 is 15.4 Å². The van der Waals surface area contributed by atoms with Gasteiger partial charge >= 0.3 is 5.97 Å². The molecule has 0 atom stereocenters. The molecule has 1 aliphatic rings. The predicted octanol–water partition coefficient (Wildman–Crippen LogP) is 4.33. The number of hydrogen-bond acceptors (Lipinski definition) is 8. The van der Waals surface area contributed by atoms with Crippen molar-refractivity contribution in [3.63, 3.8) is 0 Å². The molecular formula is C22H25ClN6O2. The highest BCUT2D eigenvalue weighted by molar-refractivity contribution is 6.33. The molecule has 0 saturated heterocycles. The lowest BCUT2D eigenvalue weighted by molar-refractivity contribution is 0.0525. The van der Waals surface area contributed by atoms with E-state index in [1.54, 1.807) is 13.1 Å². The molecule has 1 saturated carbocycles. The lowest BCUT2D eigenvalue weighted by Gasteiger charge is -2.29. The van der Waals surface area contributed by atoms with Crippen molar-refractivity contribution in [2.75, 3.05) is 23.8 Å². The second-order valence-electron chi connectivity index (χ2n) is 7.63. The molecule has 3 heterocycles. The zero-order valence-electron chi connectivity index (χ0n) is 17.3. The van der Waals surface area contributed by atoms with Crippen LogP contribution in [0, 0.1) is 5.92 Å². The number of nitrogens with one attached hydrogen (secondary N) is 2. The number of nitrogens with zero attached hydrogens (tertiary/aromatic N) is 4. The Labute approximate surface area is 185 Å². The van der Waals surface area contributed by atoms with Gasteiger partial charge in [0, 0.05) is 36.6 Å². The first kappa shape index (κ1) is 21.2. The second-order valence-corrected chi connectivity index (χ2v) is 7.99. The number of pyridine rings is 2. The fourth-order valence-corrected chi connectivity index (χ4v) is 4.00. The van der Waals surface area contributed by atoms with E-state index in [4.69, 9.17) is 16.3 Å². The van der Waals surface area contributed by atoms with E-state index >= 15 is 0 Å². The van der Waals surface area contributed by atoms with E-state index in [1.165, 1.54) is 12.4 Å². The summed E-state index contributed by atoms with van der Waals surface area (Å²) in [4.78, 5) is 28.8. The normalized spacial score (nSPS) is 18.5. The lowest BCUT2D eigenvalue weighted by Crippen LogP contribution is -2.29. The first-order valence-corrected chi connectivity index (χ1v) is 10.9. The quantitative estimate of drug-likeness (QED) is 0.413. The highest BCUT2D eigenvalue weighted by Crippen LogP contribution is 2.27. The molecule has 31 heavy (non-hydrogen) atoms. The van der Waals surface area contributed by atoms with Gasteiger partial charge in [-0.2, -0.15) is 0 Å². The molecule has 0 unspecified atom stereocenters. The van der Waals surface area contributed by atoms with Crippen molar-refractivity contribution in [1.29, 1.82) is 0 Å². The fraction of sp³-hybridized carbons (Fsp3) is 0.409. The summed E-state index contributed by atoms with van der Waals surface area (Å²) in [5.74, 6) is 1.51. The van der Waals surface area contributed by atoms with Crippen LogP contribution in [0.4, 0.5) is 11.8 Å². The third-order valence-electron chi connectivity index (χ3n) is 5.47. The number of hydrogen-bond donors (Lipinski definition) is 2. The van der Waals surface area contributed by atoms with Gasteiger partial charge in [-0.3, -0.25) is 0 Å². The maximum absolute atomic E-state index is 11.7. The fourth-order valence-electron chi connectivity index (χ4n) is 3.79. The summed E-state index contributed by atoms with van der Waals surface area (Å²) >= 11 is 6.17. The summed E-state index contributed by atoms with van der Waals surface area (Å²) in [5.41, 5.74) is 1.08. The monoisotopic (exact) mass is 440 g/mol. The molecule has 1 aliphatic carbocycles. The van der Waals surface area contributed by atoms with E-state index in [2.05, 4.69) is 30.6 Å². The number of rotatable bonds is 7. The zero-order valence-corrected chi connectivity index (χ0v) is 18.1. The van der Waals surface area contributed by atoms with Gasteiger partial charge in [-0.25, -0.2) is 24.7 Å². The second kappa shape index (κ2) is 9.87. The molecule has 0 radical (unpaired) electrons. The Hall–Kier alpha value is -3.00. The van der Waals surface area contributed by atoms with Gasteiger partial charge in [0.05, 0.1) is 12.2 Å². The number of esters is 1. The van der Waals surface area contributed by atoms with Crippen molar-refractivity contribution in [3.8, 4) is 0 Å². The third kappa shape index (κ3) is 5.38. The number of halogens is 1. The number of aromatic nitrogens is 4. The number of anilines is 2. The highest BCUT2D eigenvalue weighted by atomic mass is 35.5. The topological polar surface area (TPSA) is 102 Å². The average Bonchev–Trinajstić information content (AvgIpc) is 2.80. The molecule has 162 valence electrons. The molecule has 0 aliphatic heterocycles. The van der Waals surface area contributed by atoms with Crippen LogP contribution >= 0.6 is 11.6 Å². The average molecular weight is 441 g/mol. The molecule has 9 heteroatoms. The van der Waals surface area contributed by atoms with Crippen molar-refractivity contribution in [3.05, 3.63) is 47.5 Å². The molecule has 1 fully saturated rings. The smallest absolute Gasteiger partial charge is 0.341 e. The summed E-state index contributed by atoms with van der Waals surface area (Å²) < 4.78 is 4.94. The third-order valence-corrected chi connectivity index (χ3v) is 5.75. The number of carbonyl (C=O) groups is 1. The van der Waals surface area contributed by atoms with Gasteiger partial charge in [0.15, 0.2) is 5.15 Å². The molecule has 2 N–H and O–H groups in total. The van der Waals surface area contributed by atoms with Gasteiger partial charge in [0.2, 0.25) is 5.95 Å². The van der Waals surface area contributed by atoms with Gasteiger partial charge in [-0.05, 0) is 56.7 Å². The Bertz CT molecular complexity index is 1040. The summed E-state index contributed by atoms with van der Waals surface area (Å²) in [6, 6.07) is 6.30.